The van der Waals surface area contributed by atoms with E-state index in [0.717, 1.165) is 6.42 Å². The number of nitrogens with one attached hydrogen (secondary N) is 2. The van der Waals surface area contributed by atoms with Gasteiger partial charge in [-0.1, -0.05) is 13.8 Å². The van der Waals surface area contributed by atoms with E-state index in [1.807, 2.05) is 19.2 Å². The van der Waals surface area contributed by atoms with E-state index in [9.17, 15) is 22.8 Å². The predicted octanol–water partition coefficient (Wildman–Crippen LogP) is 0.966. The van der Waals surface area contributed by atoms with E-state index in [0.29, 0.717) is 13.1 Å². The lowest BCUT2D eigenvalue weighted by Crippen LogP contribution is -2.42. The summed E-state index contributed by atoms with van der Waals surface area (Å²) in [6, 6.07) is 4.66. The number of benzene rings is 1. The molecule has 10 heteroatoms. The second-order valence-corrected chi connectivity index (χ2v) is 8.93. The molecule has 0 spiro atoms. The normalized spacial score (nSPS) is 20.2. The van der Waals surface area contributed by atoms with Crippen LogP contribution < -0.4 is 10.6 Å². The van der Waals surface area contributed by atoms with Gasteiger partial charge in [0.25, 0.3) is 5.91 Å². The van der Waals surface area contributed by atoms with Crippen molar-refractivity contribution in [1.29, 1.82) is 0 Å². The van der Waals surface area contributed by atoms with Gasteiger partial charge in [-0.25, -0.2) is 18.0 Å². The Labute approximate surface area is 164 Å². The smallest absolute Gasteiger partial charge is 0.338 e. The SMILES string of the molecule is CNC(=O)NC(=O)COC(=O)c1ccc(S(=O)(=O)N2CC(C)CC(C)C2)cc1. The summed E-state index contributed by atoms with van der Waals surface area (Å²) < 4.78 is 31.9. The first-order chi connectivity index (χ1) is 13.1. The highest BCUT2D eigenvalue weighted by Crippen LogP contribution is 2.26. The van der Waals surface area contributed by atoms with Gasteiger partial charge in [-0.2, -0.15) is 4.31 Å². The number of nitrogens with zero attached hydrogens (tertiary/aromatic N) is 1. The number of ether oxygens (including phenoxy) is 1. The van der Waals surface area contributed by atoms with Gasteiger partial charge in [0.05, 0.1) is 10.5 Å². The van der Waals surface area contributed by atoms with Gasteiger partial charge in [0.1, 0.15) is 0 Å². The zero-order chi connectivity index (χ0) is 20.9. The van der Waals surface area contributed by atoms with Crippen LogP contribution in [0.25, 0.3) is 0 Å². The summed E-state index contributed by atoms with van der Waals surface area (Å²) in [7, 11) is -2.30. The molecule has 9 nitrogen and oxygen atoms in total. The highest BCUT2D eigenvalue weighted by molar-refractivity contribution is 7.89. The van der Waals surface area contributed by atoms with Crippen LogP contribution in [0.3, 0.4) is 0 Å². The lowest BCUT2D eigenvalue weighted by molar-refractivity contribution is -0.123. The molecule has 1 aliphatic rings. The van der Waals surface area contributed by atoms with Crippen molar-refractivity contribution in [2.75, 3.05) is 26.7 Å². The van der Waals surface area contributed by atoms with Crippen LogP contribution in [0.1, 0.15) is 30.6 Å². The quantitative estimate of drug-likeness (QED) is 0.696. The number of hydrogen-bond acceptors (Lipinski definition) is 6. The number of hydrogen-bond donors (Lipinski definition) is 2. The van der Waals surface area contributed by atoms with Crippen molar-refractivity contribution in [2.45, 2.75) is 25.2 Å². The summed E-state index contributed by atoms with van der Waals surface area (Å²) >= 11 is 0. The Morgan fingerprint density at radius 1 is 1.11 bits per heavy atom. The molecule has 0 aliphatic carbocycles. The third kappa shape index (κ3) is 5.52. The van der Waals surface area contributed by atoms with E-state index in [2.05, 4.69) is 5.32 Å². The number of piperidine rings is 1. The van der Waals surface area contributed by atoms with E-state index >= 15 is 0 Å². The third-order valence-corrected chi connectivity index (χ3v) is 6.22. The Hall–Kier alpha value is -2.46. The molecule has 2 atom stereocenters. The Kier molecular flexibility index (Phi) is 7.14. The molecule has 0 aromatic heterocycles. The zero-order valence-electron chi connectivity index (χ0n) is 16.1. The summed E-state index contributed by atoms with van der Waals surface area (Å²) in [5, 5.41) is 4.15. The van der Waals surface area contributed by atoms with Crippen molar-refractivity contribution in [3.05, 3.63) is 29.8 Å². The maximum Gasteiger partial charge on any atom is 0.338 e. The van der Waals surface area contributed by atoms with Gasteiger partial charge in [0.2, 0.25) is 10.0 Å². The van der Waals surface area contributed by atoms with Crippen LogP contribution in [0.2, 0.25) is 0 Å². The average molecular weight is 411 g/mol. The standard InChI is InChI=1S/C18H25N3O6S/c1-12-8-13(2)10-21(9-12)28(25,26)15-6-4-14(5-7-15)17(23)27-11-16(22)20-18(24)19-3/h4-7,12-13H,8-11H2,1-3H3,(H2,19,20,22,24). The first-order valence-electron chi connectivity index (χ1n) is 8.92. The molecule has 0 radical (unpaired) electrons. The fraction of sp³-hybridized carbons (Fsp3) is 0.500. The van der Waals surface area contributed by atoms with Crippen molar-refractivity contribution in [3.63, 3.8) is 0 Å². The molecule has 1 aromatic rings. The number of sulfonamides is 1. The van der Waals surface area contributed by atoms with Gasteiger partial charge in [-0.15, -0.1) is 0 Å². The molecule has 28 heavy (non-hydrogen) atoms. The molecule has 1 aliphatic heterocycles. The summed E-state index contributed by atoms with van der Waals surface area (Å²) in [6.45, 7) is 4.36. The molecule has 2 N–H and O–H groups in total. The second-order valence-electron chi connectivity index (χ2n) is 7.00. The minimum atomic E-state index is -3.64. The first kappa shape index (κ1) is 21.8. The zero-order valence-corrected chi connectivity index (χ0v) is 16.9. The van der Waals surface area contributed by atoms with Crippen LogP contribution in [0, 0.1) is 11.8 Å². The molecular weight excluding hydrogens is 386 g/mol. The van der Waals surface area contributed by atoms with Crippen LogP contribution in [-0.4, -0.2) is 57.4 Å². The highest BCUT2D eigenvalue weighted by Gasteiger charge is 2.31. The molecule has 1 saturated heterocycles. The van der Waals surface area contributed by atoms with E-state index < -0.39 is 34.5 Å². The molecule has 0 bridgehead atoms. The van der Waals surface area contributed by atoms with E-state index in [1.165, 1.54) is 35.6 Å². The third-order valence-electron chi connectivity index (χ3n) is 4.38. The molecule has 1 fully saturated rings. The number of carbonyl (C=O) groups is 3. The summed E-state index contributed by atoms with van der Waals surface area (Å²) in [4.78, 5) is 34.5. The van der Waals surface area contributed by atoms with Gasteiger partial charge in [0, 0.05) is 20.1 Å². The molecule has 2 unspecified atom stereocenters. The number of amides is 3. The molecule has 2 rings (SSSR count). The van der Waals surface area contributed by atoms with Crippen LogP contribution in [-0.2, 0) is 19.6 Å². The Morgan fingerprint density at radius 3 is 2.21 bits per heavy atom. The van der Waals surface area contributed by atoms with E-state index in [4.69, 9.17) is 4.74 Å². The van der Waals surface area contributed by atoms with Crippen molar-refractivity contribution < 1.29 is 27.5 Å². The monoisotopic (exact) mass is 411 g/mol. The average Bonchev–Trinajstić information content (AvgIpc) is 2.65. The maximum atomic E-state index is 12.8. The number of esters is 1. The van der Waals surface area contributed by atoms with Gasteiger partial charge in [-0.3, -0.25) is 10.1 Å². The van der Waals surface area contributed by atoms with E-state index in [1.54, 1.807) is 0 Å². The van der Waals surface area contributed by atoms with Crippen LogP contribution in [0.15, 0.2) is 29.2 Å². The minimum Gasteiger partial charge on any atom is -0.452 e. The highest BCUT2D eigenvalue weighted by atomic mass is 32.2. The summed E-state index contributed by atoms with van der Waals surface area (Å²) in [5.41, 5.74) is 0.104. The lowest BCUT2D eigenvalue weighted by atomic mass is 9.94. The summed E-state index contributed by atoms with van der Waals surface area (Å²) in [6.07, 6.45) is 0.990. The molecule has 1 heterocycles. The lowest BCUT2D eigenvalue weighted by Gasteiger charge is -2.34. The summed E-state index contributed by atoms with van der Waals surface area (Å²) in [5.74, 6) is -1.00. The number of rotatable bonds is 5. The van der Waals surface area contributed by atoms with Crippen molar-refractivity contribution >= 4 is 27.9 Å². The Morgan fingerprint density at radius 2 is 1.68 bits per heavy atom. The number of urea groups is 1. The fourth-order valence-electron chi connectivity index (χ4n) is 3.15. The van der Waals surface area contributed by atoms with Gasteiger partial charge in [-0.05, 0) is 42.5 Å². The Bertz CT molecular complexity index is 827. The molecule has 0 saturated carbocycles. The second kappa shape index (κ2) is 9.16. The molecule has 3 amide bonds. The number of imide groups is 1. The molecule has 154 valence electrons. The number of carbonyl (C=O) groups excluding carboxylic acids is 3. The van der Waals surface area contributed by atoms with Crippen LogP contribution in [0.4, 0.5) is 4.79 Å². The fourth-order valence-corrected chi connectivity index (χ4v) is 4.83. The predicted molar refractivity (Wildman–Crippen MR) is 101 cm³/mol. The molecular formula is C18H25N3O6S. The molecule has 1 aromatic carbocycles. The topological polar surface area (TPSA) is 122 Å². The largest absolute Gasteiger partial charge is 0.452 e. The van der Waals surface area contributed by atoms with Crippen molar-refractivity contribution in [3.8, 4) is 0 Å². The minimum absolute atomic E-state index is 0.0997. The Balaban J connectivity index is 2.01. The van der Waals surface area contributed by atoms with Crippen molar-refractivity contribution in [1.82, 2.24) is 14.9 Å². The first-order valence-corrected chi connectivity index (χ1v) is 10.4. The van der Waals surface area contributed by atoms with Gasteiger partial charge in [0.15, 0.2) is 6.61 Å². The van der Waals surface area contributed by atoms with Crippen LogP contribution >= 0.6 is 0 Å². The van der Waals surface area contributed by atoms with E-state index in [-0.39, 0.29) is 22.3 Å². The van der Waals surface area contributed by atoms with Crippen LogP contribution in [0.5, 0.6) is 0 Å². The van der Waals surface area contributed by atoms with Gasteiger partial charge >= 0.3 is 12.0 Å². The van der Waals surface area contributed by atoms with Crippen molar-refractivity contribution in [2.24, 2.45) is 11.8 Å². The maximum absolute atomic E-state index is 12.8. The van der Waals surface area contributed by atoms with Gasteiger partial charge < -0.3 is 10.1 Å².